The van der Waals surface area contributed by atoms with E-state index in [1.165, 1.54) is 55.5 Å². The second kappa shape index (κ2) is 6.57. The molecule has 0 aliphatic carbocycles. The quantitative estimate of drug-likeness (QED) is 0.360. The molecular weight excluding hydrogens is 322 g/mol. The molecule has 0 unspecified atom stereocenters. The first kappa shape index (κ1) is 16.6. The molecule has 2 aromatic rings. The molecule has 2 aromatic carbocycles. The fraction of sp³-hybridized carbons (Fsp3) is 0.133. The number of hydrogen-bond donors (Lipinski definition) is 0. The third kappa shape index (κ3) is 3.92. The summed E-state index contributed by atoms with van der Waals surface area (Å²) in [6.45, 7) is 1.54. The minimum Gasteiger partial charge on any atom is -0.423 e. The molecule has 0 saturated carbocycles. The van der Waals surface area contributed by atoms with Crippen molar-refractivity contribution in [2.45, 2.75) is 11.8 Å². The van der Waals surface area contributed by atoms with Gasteiger partial charge >= 0.3 is 5.97 Å². The largest absolute Gasteiger partial charge is 0.423 e. The summed E-state index contributed by atoms with van der Waals surface area (Å²) in [7, 11) is -3.31. The maximum Gasteiger partial charge on any atom is 0.343 e. The Hall–Kier alpha value is -2.74. The SMILES string of the molecule is CCS(=O)(=O)c1ccc(OC(=O)c2ccc([N+](=O)[O-])cc2)cc1. The molecule has 0 aliphatic rings. The Morgan fingerprint density at radius 1 is 1.09 bits per heavy atom. The molecule has 0 spiro atoms. The normalized spacial score (nSPS) is 11.0. The second-order valence-corrected chi connectivity index (χ2v) is 6.85. The van der Waals surface area contributed by atoms with Crippen LogP contribution in [0.3, 0.4) is 0 Å². The lowest BCUT2D eigenvalue weighted by Gasteiger charge is -2.06. The van der Waals surface area contributed by atoms with E-state index in [0.29, 0.717) is 0 Å². The Morgan fingerprint density at radius 3 is 2.13 bits per heavy atom. The lowest BCUT2D eigenvalue weighted by atomic mass is 10.2. The van der Waals surface area contributed by atoms with Crippen LogP contribution in [0, 0.1) is 10.1 Å². The average molecular weight is 335 g/mol. The molecule has 0 bridgehead atoms. The minimum atomic E-state index is -3.31. The van der Waals surface area contributed by atoms with E-state index in [-0.39, 0.29) is 27.6 Å². The van der Waals surface area contributed by atoms with Gasteiger partial charge in [-0.25, -0.2) is 13.2 Å². The van der Waals surface area contributed by atoms with Crippen molar-refractivity contribution < 1.29 is 22.9 Å². The average Bonchev–Trinajstić information content (AvgIpc) is 2.55. The molecule has 2 rings (SSSR count). The third-order valence-electron chi connectivity index (χ3n) is 3.09. The van der Waals surface area contributed by atoms with Crippen molar-refractivity contribution in [2.24, 2.45) is 0 Å². The van der Waals surface area contributed by atoms with Crippen LogP contribution < -0.4 is 4.74 Å². The summed E-state index contributed by atoms with van der Waals surface area (Å²) in [4.78, 5) is 22.1. The van der Waals surface area contributed by atoms with Gasteiger partial charge in [-0.3, -0.25) is 10.1 Å². The van der Waals surface area contributed by atoms with Gasteiger partial charge in [0.15, 0.2) is 9.84 Å². The van der Waals surface area contributed by atoms with Crippen LogP contribution in [0.25, 0.3) is 0 Å². The summed E-state index contributed by atoms with van der Waals surface area (Å²) < 4.78 is 28.5. The highest BCUT2D eigenvalue weighted by molar-refractivity contribution is 7.91. The van der Waals surface area contributed by atoms with Crippen LogP contribution in [0.15, 0.2) is 53.4 Å². The van der Waals surface area contributed by atoms with Gasteiger partial charge in [-0.15, -0.1) is 0 Å². The van der Waals surface area contributed by atoms with Gasteiger partial charge in [0.25, 0.3) is 5.69 Å². The number of nitrogens with zero attached hydrogens (tertiary/aromatic N) is 1. The van der Waals surface area contributed by atoms with E-state index >= 15 is 0 Å². The third-order valence-corrected chi connectivity index (χ3v) is 4.84. The molecule has 0 atom stereocenters. The molecule has 0 aromatic heterocycles. The Bertz CT molecular complexity index is 825. The zero-order valence-corrected chi connectivity index (χ0v) is 12.9. The number of hydrogen-bond acceptors (Lipinski definition) is 6. The van der Waals surface area contributed by atoms with Gasteiger partial charge in [-0.05, 0) is 36.4 Å². The van der Waals surface area contributed by atoms with Gasteiger partial charge in [0, 0.05) is 12.1 Å². The summed E-state index contributed by atoms with van der Waals surface area (Å²) in [5.74, 6) is -0.524. The highest BCUT2D eigenvalue weighted by Gasteiger charge is 2.14. The highest BCUT2D eigenvalue weighted by Crippen LogP contribution is 2.19. The lowest BCUT2D eigenvalue weighted by molar-refractivity contribution is -0.384. The van der Waals surface area contributed by atoms with Crippen LogP contribution in [0.1, 0.15) is 17.3 Å². The Kier molecular flexibility index (Phi) is 4.75. The first-order valence-electron chi connectivity index (χ1n) is 6.63. The van der Waals surface area contributed by atoms with E-state index < -0.39 is 20.7 Å². The van der Waals surface area contributed by atoms with Crippen LogP contribution in [0.4, 0.5) is 5.69 Å². The van der Waals surface area contributed by atoms with E-state index in [2.05, 4.69) is 0 Å². The molecule has 7 nitrogen and oxygen atoms in total. The Morgan fingerprint density at radius 2 is 1.65 bits per heavy atom. The standard InChI is InChI=1S/C15H13NO6S/c1-2-23(20,21)14-9-7-13(8-10-14)22-15(17)11-3-5-12(6-4-11)16(18)19/h3-10H,2H2,1H3. The van der Waals surface area contributed by atoms with Crippen LogP contribution in [0.2, 0.25) is 0 Å². The molecule has 0 N–H and O–H groups in total. The Balaban J connectivity index is 2.12. The molecule has 23 heavy (non-hydrogen) atoms. The maximum absolute atomic E-state index is 11.9. The van der Waals surface area contributed by atoms with Crippen LogP contribution in [-0.4, -0.2) is 25.1 Å². The van der Waals surface area contributed by atoms with Crippen LogP contribution in [-0.2, 0) is 9.84 Å². The summed E-state index contributed by atoms with van der Waals surface area (Å²) in [6, 6.07) is 10.5. The number of benzene rings is 2. The second-order valence-electron chi connectivity index (χ2n) is 4.57. The number of sulfone groups is 1. The van der Waals surface area contributed by atoms with Crippen molar-refractivity contribution >= 4 is 21.5 Å². The molecule has 0 fully saturated rings. The van der Waals surface area contributed by atoms with Crippen molar-refractivity contribution in [2.75, 3.05) is 5.75 Å². The Labute approximate surface area is 132 Å². The van der Waals surface area contributed by atoms with Crippen molar-refractivity contribution in [3.8, 4) is 5.75 Å². The molecule has 0 heterocycles. The van der Waals surface area contributed by atoms with Crippen molar-refractivity contribution in [3.05, 3.63) is 64.2 Å². The molecule has 0 saturated heterocycles. The number of nitro benzene ring substituents is 1. The molecule has 8 heteroatoms. The number of non-ortho nitro benzene ring substituents is 1. The van der Waals surface area contributed by atoms with E-state index in [1.807, 2.05) is 0 Å². The van der Waals surface area contributed by atoms with E-state index in [0.717, 1.165) is 0 Å². The van der Waals surface area contributed by atoms with Gasteiger partial charge in [0.1, 0.15) is 5.75 Å². The minimum absolute atomic E-state index is 0.0189. The zero-order valence-electron chi connectivity index (χ0n) is 12.1. The monoisotopic (exact) mass is 335 g/mol. The molecule has 0 radical (unpaired) electrons. The van der Waals surface area contributed by atoms with Gasteiger partial charge in [0.05, 0.1) is 21.1 Å². The summed E-state index contributed by atoms with van der Waals surface area (Å²) >= 11 is 0. The fourth-order valence-corrected chi connectivity index (χ4v) is 2.65. The lowest BCUT2D eigenvalue weighted by Crippen LogP contribution is -2.09. The molecular formula is C15H13NO6S. The molecule has 0 amide bonds. The van der Waals surface area contributed by atoms with Gasteiger partial charge < -0.3 is 4.74 Å². The summed E-state index contributed by atoms with van der Waals surface area (Å²) in [6.07, 6.45) is 0. The van der Waals surface area contributed by atoms with Crippen LogP contribution >= 0.6 is 0 Å². The van der Waals surface area contributed by atoms with E-state index in [1.54, 1.807) is 0 Å². The molecule has 120 valence electrons. The number of carbonyl (C=O) groups excluding carboxylic acids is 1. The number of nitro groups is 1. The highest BCUT2D eigenvalue weighted by atomic mass is 32.2. The number of esters is 1. The maximum atomic E-state index is 11.9. The molecule has 0 aliphatic heterocycles. The fourth-order valence-electron chi connectivity index (χ4n) is 1.77. The van der Waals surface area contributed by atoms with E-state index in [9.17, 15) is 23.3 Å². The van der Waals surface area contributed by atoms with Gasteiger partial charge in [-0.1, -0.05) is 6.92 Å². The topological polar surface area (TPSA) is 104 Å². The van der Waals surface area contributed by atoms with Crippen molar-refractivity contribution in [1.29, 1.82) is 0 Å². The first-order chi connectivity index (χ1) is 10.8. The number of ether oxygens (including phenoxy) is 1. The van der Waals surface area contributed by atoms with Gasteiger partial charge in [-0.2, -0.15) is 0 Å². The zero-order chi connectivity index (χ0) is 17.0. The van der Waals surface area contributed by atoms with Crippen molar-refractivity contribution in [3.63, 3.8) is 0 Å². The predicted octanol–water partition coefficient (Wildman–Crippen LogP) is 2.61. The summed E-state index contributed by atoms with van der Waals surface area (Å²) in [5.41, 5.74) is 0.0246. The predicted molar refractivity (Wildman–Crippen MR) is 82.2 cm³/mol. The smallest absolute Gasteiger partial charge is 0.343 e. The first-order valence-corrected chi connectivity index (χ1v) is 8.28. The van der Waals surface area contributed by atoms with Gasteiger partial charge in [0.2, 0.25) is 0 Å². The number of carbonyl (C=O) groups is 1. The van der Waals surface area contributed by atoms with Crippen molar-refractivity contribution in [1.82, 2.24) is 0 Å². The van der Waals surface area contributed by atoms with Crippen LogP contribution in [0.5, 0.6) is 5.75 Å². The van der Waals surface area contributed by atoms with E-state index in [4.69, 9.17) is 4.74 Å². The summed E-state index contributed by atoms with van der Waals surface area (Å²) in [5, 5.41) is 10.6. The number of rotatable bonds is 5.